The molecule has 2 aliphatic rings. The van der Waals surface area contributed by atoms with Crippen molar-refractivity contribution in [2.24, 2.45) is 0 Å². The van der Waals surface area contributed by atoms with Crippen LogP contribution in [0.4, 0.5) is 4.79 Å². The van der Waals surface area contributed by atoms with Crippen LogP contribution < -0.4 is 5.32 Å². The summed E-state index contributed by atoms with van der Waals surface area (Å²) in [5.41, 5.74) is 3.59. The van der Waals surface area contributed by atoms with E-state index in [1.165, 1.54) is 10.5 Å². The number of piperazine rings is 1. The second-order valence-corrected chi connectivity index (χ2v) is 7.86. The molecule has 29 heavy (non-hydrogen) atoms. The average molecular weight is 393 g/mol. The Labute approximate surface area is 171 Å². The summed E-state index contributed by atoms with van der Waals surface area (Å²) in [5.74, 6) is -0.202. The Morgan fingerprint density at radius 3 is 2.59 bits per heavy atom. The Balaban J connectivity index is 1.47. The van der Waals surface area contributed by atoms with E-state index in [9.17, 15) is 14.7 Å². The molecule has 2 aromatic rings. The van der Waals surface area contributed by atoms with Crippen molar-refractivity contribution in [3.63, 3.8) is 0 Å². The summed E-state index contributed by atoms with van der Waals surface area (Å²) in [6, 6.07) is 17.5. The van der Waals surface area contributed by atoms with Crippen LogP contribution in [-0.4, -0.2) is 52.6 Å². The Morgan fingerprint density at radius 2 is 1.79 bits per heavy atom. The molecule has 0 bridgehead atoms. The lowest BCUT2D eigenvalue weighted by Gasteiger charge is -2.40. The third-order valence-corrected chi connectivity index (χ3v) is 5.95. The molecule has 1 fully saturated rings. The van der Waals surface area contributed by atoms with Gasteiger partial charge in [0.05, 0.1) is 6.04 Å². The quantitative estimate of drug-likeness (QED) is 0.837. The van der Waals surface area contributed by atoms with Gasteiger partial charge >= 0.3 is 6.09 Å². The molecule has 0 unspecified atom stereocenters. The predicted octanol–water partition coefficient (Wildman–Crippen LogP) is 3.04. The molecule has 1 aliphatic heterocycles. The first-order valence-corrected chi connectivity index (χ1v) is 10.3. The van der Waals surface area contributed by atoms with Gasteiger partial charge < -0.3 is 10.4 Å². The summed E-state index contributed by atoms with van der Waals surface area (Å²) in [4.78, 5) is 28.3. The van der Waals surface area contributed by atoms with E-state index in [1.54, 1.807) is 0 Å². The number of carboxylic acid groups (broad SMARTS) is 1. The first-order valence-electron chi connectivity index (χ1n) is 10.3. The van der Waals surface area contributed by atoms with Crippen molar-refractivity contribution >= 4 is 12.0 Å². The Kier molecular flexibility index (Phi) is 5.81. The average Bonchev–Trinajstić information content (AvgIpc) is 2.74. The number of carbonyl (C=O) groups excluding carboxylic acids is 1. The fourth-order valence-electron chi connectivity index (χ4n) is 4.45. The lowest BCUT2D eigenvalue weighted by atomic mass is 9.87. The molecule has 1 saturated heterocycles. The van der Waals surface area contributed by atoms with Gasteiger partial charge in [0.2, 0.25) is 5.91 Å². The lowest BCUT2D eigenvalue weighted by molar-refractivity contribution is -0.129. The second-order valence-electron chi connectivity index (χ2n) is 7.86. The number of nitrogens with one attached hydrogen (secondary N) is 1. The molecule has 1 aliphatic carbocycles. The van der Waals surface area contributed by atoms with Crippen molar-refractivity contribution in [3.05, 3.63) is 71.3 Å². The molecular weight excluding hydrogens is 366 g/mol. The SMILES string of the molecule is O=C(N[C@@H]1CCCc2ccccc21)[C@@H]1CN(Cc2ccccc2)CCN1C(=O)O. The Hall–Kier alpha value is -2.86. The minimum Gasteiger partial charge on any atom is -0.465 e. The van der Waals surface area contributed by atoms with E-state index in [0.29, 0.717) is 26.2 Å². The summed E-state index contributed by atoms with van der Waals surface area (Å²) >= 11 is 0. The molecule has 2 N–H and O–H groups in total. The molecule has 2 aromatic carbocycles. The van der Waals surface area contributed by atoms with Crippen LogP contribution in [0.25, 0.3) is 0 Å². The highest BCUT2D eigenvalue weighted by Gasteiger charge is 2.36. The zero-order valence-corrected chi connectivity index (χ0v) is 16.5. The maximum Gasteiger partial charge on any atom is 0.408 e. The van der Waals surface area contributed by atoms with Crippen LogP contribution in [0.2, 0.25) is 0 Å². The highest BCUT2D eigenvalue weighted by Crippen LogP contribution is 2.29. The fraction of sp³-hybridized carbons (Fsp3) is 0.391. The number of benzene rings is 2. The van der Waals surface area contributed by atoms with Crippen molar-refractivity contribution in [2.45, 2.75) is 37.9 Å². The summed E-state index contributed by atoms with van der Waals surface area (Å²) in [7, 11) is 0. The maximum absolute atomic E-state index is 13.1. The van der Waals surface area contributed by atoms with Crippen LogP contribution in [0.5, 0.6) is 0 Å². The van der Waals surface area contributed by atoms with E-state index in [-0.39, 0.29) is 11.9 Å². The van der Waals surface area contributed by atoms with E-state index in [0.717, 1.165) is 30.4 Å². The molecule has 6 nitrogen and oxygen atoms in total. The van der Waals surface area contributed by atoms with Crippen molar-refractivity contribution in [1.29, 1.82) is 0 Å². The third-order valence-electron chi connectivity index (χ3n) is 5.95. The zero-order chi connectivity index (χ0) is 20.2. The summed E-state index contributed by atoms with van der Waals surface area (Å²) in [6.45, 7) is 2.07. The number of amides is 2. The number of hydrogen-bond donors (Lipinski definition) is 2. The first kappa shape index (κ1) is 19.5. The van der Waals surface area contributed by atoms with Gasteiger partial charge in [-0.05, 0) is 36.0 Å². The Bertz CT molecular complexity index is 871. The van der Waals surface area contributed by atoms with E-state index < -0.39 is 12.1 Å². The molecule has 2 amide bonds. The van der Waals surface area contributed by atoms with Gasteiger partial charge in [0.1, 0.15) is 6.04 Å². The van der Waals surface area contributed by atoms with Gasteiger partial charge in [-0.15, -0.1) is 0 Å². The van der Waals surface area contributed by atoms with Crippen molar-refractivity contribution in [2.75, 3.05) is 19.6 Å². The zero-order valence-electron chi connectivity index (χ0n) is 16.5. The van der Waals surface area contributed by atoms with Gasteiger partial charge in [0, 0.05) is 26.2 Å². The molecule has 4 rings (SSSR count). The number of nitrogens with zero attached hydrogens (tertiary/aromatic N) is 2. The van der Waals surface area contributed by atoms with Crippen molar-refractivity contribution < 1.29 is 14.7 Å². The van der Waals surface area contributed by atoms with Gasteiger partial charge in [-0.2, -0.15) is 0 Å². The summed E-state index contributed by atoms with van der Waals surface area (Å²) in [6.07, 6.45) is 1.90. The van der Waals surface area contributed by atoms with Crippen LogP contribution in [0.3, 0.4) is 0 Å². The monoisotopic (exact) mass is 393 g/mol. The fourth-order valence-corrected chi connectivity index (χ4v) is 4.45. The number of hydrogen-bond acceptors (Lipinski definition) is 3. The summed E-state index contributed by atoms with van der Waals surface area (Å²) in [5, 5.41) is 12.8. The van der Waals surface area contributed by atoms with Gasteiger partial charge in [-0.25, -0.2) is 4.79 Å². The summed E-state index contributed by atoms with van der Waals surface area (Å²) < 4.78 is 0. The van der Waals surface area contributed by atoms with Crippen LogP contribution in [0.1, 0.15) is 35.6 Å². The van der Waals surface area contributed by atoms with Gasteiger partial charge in [0.25, 0.3) is 0 Å². The molecule has 0 radical (unpaired) electrons. The standard InChI is InChI=1S/C23H27N3O3/c27-22(24-20-12-6-10-18-9-4-5-11-19(18)20)21-16-25(13-14-26(21)23(28)29)15-17-7-2-1-3-8-17/h1-5,7-9,11,20-21H,6,10,12-16H2,(H,24,27)(H,28,29)/t20-,21+/m1/s1. The molecule has 1 heterocycles. The van der Waals surface area contributed by atoms with Gasteiger partial charge in [-0.3, -0.25) is 14.6 Å². The smallest absolute Gasteiger partial charge is 0.408 e. The lowest BCUT2D eigenvalue weighted by Crippen LogP contribution is -2.60. The first-order chi connectivity index (χ1) is 14.1. The van der Waals surface area contributed by atoms with Gasteiger partial charge in [-0.1, -0.05) is 54.6 Å². The molecule has 2 atom stereocenters. The van der Waals surface area contributed by atoms with Crippen molar-refractivity contribution in [3.8, 4) is 0 Å². The molecule has 0 spiro atoms. The number of carbonyl (C=O) groups is 2. The highest BCUT2D eigenvalue weighted by molar-refractivity contribution is 5.86. The molecule has 0 saturated carbocycles. The highest BCUT2D eigenvalue weighted by atomic mass is 16.4. The van der Waals surface area contributed by atoms with E-state index >= 15 is 0 Å². The largest absolute Gasteiger partial charge is 0.465 e. The normalized spacial score (nSPS) is 22.0. The van der Waals surface area contributed by atoms with Crippen LogP contribution in [0, 0.1) is 0 Å². The topological polar surface area (TPSA) is 72.9 Å². The van der Waals surface area contributed by atoms with Crippen LogP contribution in [-0.2, 0) is 17.8 Å². The molecule has 0 aromatic heterocycles. The minimum atomic E-state index is -1.03. The van der Waals surface area contributed by atoms with Crippen LogP contribution in [0.15, 0.2) is 54.6 Å². The molecular formula is C23H27N3O3. The third kappa shape index (κ3) is 4.43. The van der Waals surface area contributed by atoms with Crippen molar-refractivity contribution in [1.82, 2.24) is 15.1 Å². The Morgan fingerprint density at radius 1 is 1.03 bits per heavy atom. The number of aryl methyl sites for hydroxylation is 1. The predicted molar refractivity (Wildman–Crippen MR) is 111 cm³/mol. The minimum absolute atomic E-state index is 0.0485. The van der Waals surface area contributed by atoms with E-state index in [2.05, 4.69) is 34.5 Å². The van der Waals surface area contributed by atoms with Crippen LogP contribution >= 0.6 is 0 Å². The maximum atomic E-state index is 13.1. The van der Waals surface area contributed by atoms with E-state index in [4.69, 9.17) is 0 Å². The van der Waals surface area contributed by atoms with Gasteiger partial charge in [0.15, 0.2) is 0 Å². The number of fused-ring (bicyclic) bond motifs is 1. The second kappa shape index (κ2) is 8.66. The number of rotatable bonds is 4. The molecule has 6 heteroatoms. The van der Waals surface area contributed by atoms with E-state index in [1.807, 2.05) is 30.3 Å². The molecule has 152 valence electrons.